The molecule has 1 fully saturated rings. The van der Waals surface area contributed by atoms with E-state index in [0.29, 0.717) is 25.1 Å². The number of fused-ring (bicyclic) bond motifs is 1. The van der Waals surface area contributed by atoms with Gasteiger partial charge in [0.1, 0.15) is 12.4 Å². The van der Waals surface area contributed by atoms with Gasteiger partial charge < -0.3 is 25.0 Å². The summed E-state index contributed by atoms with van der Waals surface area (Å²) >= 11 is 0. The van der Waals surface area contributed by atoms with Gasteiger partial charge >= 0.3 is 6.09 Å². The molecule has 0 aromatic carbocycles. The summed E-state index contributed by atoms with van der Waals surface area (Å²) in [5, 5.41) is 6.43. The minimum Gasteiger partial charge on any atom is -0.447 e. The van der Waals surface area contributed by atoms with E-state index in [-0.39, 0.29) is 12.7 Å². The molecule has 3 rings (SSSR count). The van der Waals surface area contributed by atoms with E-state index >= 15 is 0 Å². The van der Waals surface area contributed by atoms with Crippen molar-refractivity contribution in [3.8, 4) is 0 Å². The fourth-order valence-electron chi connectivity index (χ4n) is 4.20. The number of carbonyl (C=O) groups is 1. The molecule has 0 aliphatic heterocycles. The van der Waals surface area contributed by atoms with Crippen LogP contribution in [-0.4, -0.2) is 63.1 Å². The molecule has 0 radical (unpaired) electrons. The predicted octanol–water partition coefficient (Wildman–Crippen LogP) is 2.76. The van der Waals surface area contributed by atoms with Gasteiger partial charge in [0.15, 0.2) is 0 Å². The van der Waals surface area contributed by atoms with Crippen LogP contribution in [0.3, 0.4) is 0 Å². The molecule has 1 aromatic rings. The first-order valence-electron chi connectivity index (χ1n) is 10.8. The summed E-state index contributed by atoms with van der Waals surface area (Å²) in [6.45, 7) is 1.37. The highest BCUT2D eigenvalue weighted by molar-refractivity contribution is 5.67. The first-order valence-corrected chi connectivity index (χ1v) is 10.8. The molecule has 29 heavy (non-hydrogen) atoms. The van der Waals surface area contributed by atoms with Crippen molar-refractivity contribution >= 4 is 17.9 Å². The van der Waals surface area contributed by atoms with E-state index in [1.807, 2.05) is 0 Å². The third-order valence-electron chi connectivity index (χ3n) is 5.82. The number of hydrogen-bond acceptors (Lipinski definition) is 7. The Morgan fingerprint density at radius 3 is 2.59 bits per heavy atom. The Balaban J connectivity index is 1.47. The molecule has 0 atom stereocenters. The Morgan fingerprint density at radius 2 is 1.86 bits per heavy atom. The van der Waals surface area contributed by atoms with Crippen LogP contribution in [0.4, 0.5) is 16.6 Å². The van der Waals surface area contributed by atoms with E-state index in [4.69, 9.17) is 19.4 Å². The molecule has 2 N–H and O–H groups in total. The molecule has 0 unspecified atom stereocenters. The van der Waals surface area contributed by atoms with Crippen molar-refractivity contribution in [1.29, 1.82) is 0 Å². The largest absolute Gasteiger partial charge is 0.447 e. The van der Waals surface area contributed by atoms with E-state index in [1.165, 1.54) is 24.1 Å². The Hall–Kier alpha value is -2.09. The van der Waals surface area contributed by atoms with E-state index in [1.54, 1.807) is 7.11 Å². The van der Waals surface area contributed by atoms with Crippen LogP contribution in [-0.2, 0) is 22.3 Å². The molecule has 2 aliphatic carbocycles. The maximum Gasteiger partial charge on any atom is 0.407 e. The van der Waals surface area contributed by atoms with Crippen LogP contribution in [0.15, 0.2) is 0 Å². The van der Waals surface area contributed by atoms with Gasteiger partial charge in [-0.3, -0.25) is 0 Å². The lowest BCUT2D eigenvalue weighted by Gasteiger charge is -2.30. The molecule has 1 heterocycles. The van der Waals surface area contributed by atoms with Crippen molar-refractivity contribution in [2.75, 3.05) is 51.2 Å². The molecule has 0 spiro atoms. The zero-order valence-corrected chi connectivity index (χ0v) is 18.0. The van der Waals surface area contributed by atoms with Crippen LogP contribution in [0.5, 0.6) is 0 Å². The first kappa shape index (κ1) is 21.6. The average Bonchev–Trinajstić information content (AvgIpc) is 2.73. The van der Waals surface area contributed by atoms with Crippen molar-refractivity contribution in [3.05, 3.63) is 11.3 Å². The van der Waals surface area contributed by atoms with E-state index in [2.05, 4.69) is 29.6 Å². The van der Waals surface area contributed by atoms with Crippen molar-refractivity contribution in [2.24, 2.45) is 5.92 Å². The lowest BCUT2D eigenvalue weighted by Crippen LogP contribution is -2.35. The number of hydrogen-bond donors (Lipinski definition) is 2. The molecular formula is C21H35N5O3. The van der Waals surface area contributed by atoms with Gasteiger partial charge in [-0.05, 0) is 57.3 Å². The van der Waals surface area contributed by atoms with Crippen LogP contribution in [0.2, 0.25) is 0 Å². The van der Waals surface area contributed by atoms with Gasteiger partial charge in [0.05, 0.1) is 12.3 Å². The van der Waals surface area contributed by atoms with Crippen LogP contribution in [0, 0.1) is 5.92 Å². The van der Waals surface area contributed by atoms with Crippen molar-refractivity contribution in [2.45, 2.75) is 57.4 Å². The van der Waals surface area contributed by atoms with E-state index < -0.39 is 0 Å². The zero-order chi connectivity index (χ0) is 20.6. The van der Waals surface area contributed by atoms with Gasteiger partial charge in [0, 0.05) is 39.4 Å². The van der Waals surface area contributed by atoms with Gasteiger partial charge in [-0.1, -0.05) is 0 Å². The van der Waals surface area contributed by atoms with Gasteiger partial charge in [-0.15, -0.1) is 0 Å². The van der Waals surface area contributed by atoms with Gasteiger partial charge in [-0.25, -0.2) is 9.78 Å². The molecular weight excluding hydrogens is 370 g/mol. The first-order chi connectivity index (χ1) is 14.1. The Morgan fingerprint density at radius 1 is 1.10 bits per heavy atom. The normalized spacial score (nSPS) is 21.2. The number of rotatable bonds is 8. The SMILES string of the molecule is COCCOC(=O)NCC1CCC(Nc2nc3c(c(N(C)C)n2)CCCC3)CC1. The summed E-state index contributed by atoms with van der Waals surface area (Å²) in [4.78, 5) is 23.4. The molecule has 162 valence electrons. The van der Waals surface area contributed by atoms with Gasteiger partial charge in [0.2, 0.25) is 5.95 Å². The Kier molecular flexibility index (Phi) is 7.91. The maximum atomic E-state index is 11.6. The van der Waals surface area contributed by atoms with E-state index in [9.17, 15) is 4.79 Å². The lowest BCUT2D eigenvalue weighted by molar-refractivity contribution is 0.0972. The summed E-state index contributed by atoms with van der Waals surface area (Å²) < 4.78 is 9.92. The van der Waals surface area contributed by atoms with Gasteiger partial charge in [-0.2, -0.15) is 4.98 Å². The second kappa shape index (κ2) is 10.6. The number of aromatic nitrogens is 2. The lowest BCUT2D eigenvalue weighted by atomic mass is 9.86. The molecule has 8 heteroatoms. The average molecular weight is 406 g/mol. The second-order valence-corrected chi connectivity index (χ2v) is 8.27. The number of alkyl carbamates (subject to hydrolysis) is 1. The topological polar surface area (TPSA) is 88.6 Å². The smallest absolute Gasteiger partial charge is 0.407 e. The molecule has 8 nitrogen and oxygen atoms in total. The number of aryl methyl sites for hydroxylation is 1. The Bertz CT molecular complexity index is 675. The minimum atomic E-state index is -0.360. The number of nitrogens with zero attached hydrogens (tertiary/aromatic N) is 3. The highest BCUT2D eigenvalue weighted by atomic mass is 16.6. The quantitative estimate of drug-likeness (QED) is 0.643. The highest BCUT2D eigenvalue weighted by Gasteiger charge is 2.24. The third kappa shape index (κ3) is 6.19. The zero-order valence-electron chi connectivity index (χ0n) is 18.0. The van der Waals surface area contributed by atoms with Crippen LogP contribution in [0.25, 0.3) is 0 Å². The molecule has 0 saturated heterocycles. The number of ether oxygens (including phenoxy) is 2. The summed E-state index contributed by atoms with van der Waals surface area (Å²) in [7, 11) is 5.70. The van der Waals surface area contributed by atoms with Crippen molar-refractivity contribution < 1.29 is 14.3 Å². The fraction of sp³-hybridized carbons (Fsp3) is 0.762. The van der Waals surface area contributed by atoms with Crippen molar-refractivity contribution in [1.82, 2.24) is 15.3 Å². The predicted molar refractivity (Wildman–Crippen MR) is 114 cm³/mol. The molecule has 1 saturated carbocycles. The van der Waals surface area contributed by atoms with E-state index in [0.717, 1.165) is 50.3 Å². The van der Waals surface area contributed by atoms with Gasteiger partial charge in [0.25, 0.3) is 0 Å². The minimum absolute atomic E-state index is 0.286. The second-order valence-electron chi connectivity index (χ2n) is 8.27. The number of anilines is 2. The maximum absolute atomic E-state index is 11.6. The number of nitrogens with one attached hydrogen (secondary N) is 2. The monoisotopic (exact) mass is 405 g/mol. The number of amides is 1. The van der Waals surface area contributed by atoms with Crippen LogP contribution < -0.4 is 15.5 Å². The standard InChI is InChI=1S/C21H35N5O3/c1-26(2)19-17-6-4-5-7-18(17)24-20(25-19)23-16-10-8-15(9-11-16)14-22-21(27)29-13-12-28-3/h15-16H,4-14H2,1-3H3,(H,22,27)(H,23,24,25). The van der Waals surface area contributed by atoms with Crippen LogP contribution >= 0.6 is 0 Å². The summed E-state index contributed by atoms with van der Waals surface area (Å²) in [5.74, 6) is 2.31. The van der Waals surface area contributed by atoms with Crippen molar-refractivity contribution in [3.63, 3.8) is 0 Å². The molecule has 1 amide bonds. The summed E-state index contributed by atoms with van der Waals surface area (Å²) in [6.07, 6.45) is 8.46. The highest BCUT2D eigenvalue weighted by Crippen LogP contribution is 2.30. The molecule has 1 aromatic heterocycles. The molecule has 2 aliphatic rings. The fourth-order valence-corrected chi connectivity index (χ4v) is 4.20. The number of carbonyl (C=O) groups excluding carboxylic acids is 1. The Labute approximate surface area is 173 Å². The third-order valence-corrected chi connectivity index (χ3v) is 5.82. The van der Waals surface area contributed by atoms with Crippen LogP contribution in [0.1, 0.15) is 49.8 Å². The summed E-state index contributed by atoms with van der Waals surface area (Å²) in [6, 6.07) is 0.386. The summed E-state index contributed by atoms with van der Waals surface area (Å²) in [5.41, 5.74) is 2.53. The number of methoxy groups -OCH3 is 1. The molecule has 0 bridgehead atoms.